The van der Waals surface area contributed by atoms with E-state index in [1.165, 1.54) is 33.5 Å². The largest absolute Gasteiger partial charge is 0.493 e. The number of anilines is 4. The van der Waals surface area contributed by atoms with Crippen molar-refractivity contribution in [2.75, 3.05) is 86.0 Å². The summed E-state index contributed by atoms with van der Waals surface area (Å²) in [7, 11) is -3.41. The monoisotopic (exact) mass is 834 g/mol. The molecule has 3 heterocycles. The molecule has 2 amide bonds. The lowest BCUT2D eigenvalue weighted by molar-refractivity contribution is 0.0974. The highest BCUT2D eigenvalue weighted by molar-refractivity contribution is 7.87. The third-order valence-corrected chi connectivity index (χ3v) is 14.2. The molecular formula is C41H47N4O11PS. The van der Waals surface area contributed by atoms with Crippen LogP contribution in [0.1, 0.15) is 38.8 Å². The predicted octanol–water partition coefficient (Wildman–Crippen LogP) is 5.97. The Hall–Kier alpha value is -5.28. The van der Waals surface area contributed by atoms with E-state index in [2.05, 4.69) is 5.32 Å². The molecule has 58 heavy (non-hydrogen) atoms. The van der Waals surface area contributed by atoms with Crippen LogP contribution in [0.2, 0.25) is 0 Å². The number of carbonyl (C=O) groups excluding carboxylic acids is 2. The summed E-state index contributed by atoms with van der Waals surface area (Å²) < 4.78 is 79.0. The van der Waals surface area contributed by atoms with E-state index in [0.717, 1.165) is 23.2 Å². The van der Waals surface area contributed by atoms with Gasteiger partial charge < -0.3 is 43.4 Å². The number of amides is 2. The Balaban J connectivity index is 1.05. The molecule has 4 aromatic carbocycles. The fourth-order valence-corrected chi connectivity index (χ4v) is 10.4. The van der Waals surface area contributed by atoms with Gasteiger partial charge in [-0.2, -0.15) is 8.42 Å². The molecule has 0 spiro atoms. The summed E-state index contributed by atoms with van der Waals surface area (Å²) in [6, 6.07) is 21.1. The van der Waals surface area contributed by atoms with Gasteiger partial charge in [0.05, 0.1) is 69.7 Å². The summed E-state index contributed by atoms with van der Waals surface area (Å²) >= 11 is 0. The number of ether oxygens (including phenoxy) is 5. The normalized spacial score (nSPS) is 17.8. The molecule has 15 nitrogen and oxygen atoms in total. The van der Waals surface area contributed by atoms with E-state index in [4.69, 9.17) is 23.7 Å². The standard InChI is InChI=1S/C41H47N4O11PS/c1-26-19-27-9-5-7-11-34(27)44(26)40(46)31-22-37(54-4)39(24-33(31)43-58(49,50)51)56-15-18-57(48,16-13-52-2)17-14-55-38-23-32-30(21-36(38)53-3)41(47)45-29(25-42-32)20-28-10-6-8-12-35(28)45/h5-12,21-24,26,29,42-43H,13-20,25H2,1-4H3,(H,49,50,51). The van der Waals surface area contributed by atoms with Crippen molar-refractivity contribution < 1.29 is 50.8 Å². The van der Waals surface area contributed by atoms with Gasteiger partial charge in [0.1, 0.15) is 0 Å². The molecule has 0 aromatic heterocycles. The van der Waals surface area contributed by atoms with Gasteiger partial charge in [-0.15, -0.1) is 0 Å². The van der Waals surface area contributed by atoms with Crippen LogP contribution >= 0.6 is 7.14 Å². The number of para-hydroxylation sites is 2. The number of benzene rings is 4. The Morgan fingerprint density at radius 1 is 0.845 bits per heavy atom. The molecule has 3 aliphatic rings. The van der Waals surface area contributed by atoms with Crippen LogP contribution in [0.3, 0.4) is 0 Å². The molecule has 0 radical (unpaired) electrons. The zero-order valence-corrected chi connectivity index (χ0v) is 34.4. The summed E-state index contributed by atoms with van der Waals surface area (Å²) in [5.41, 5.74) is 4.51. The van der Waals surface area contributed by atoms with E-state index in [0.29, 0.717) is 41.4 Å². The van der Waals surface area contributed by atoms with Crippen molar-refractivity contribution in [1.29, 1.82) is 0 Å². The molecule has 3 unspecified atom stereocenters. The van der Waals surface area contributed by atoms with Gasteiger partial charge in [-0.1, -0.05) is 36.4 Å². The number of methoxy groups -OCH3 is 3. The fraction of sp³-hybridized carbons (Fsp3) is 0.366. The fourth-order valence-electron chi connectivity index (χ4n) is 7.89. The minimum Gasteiger partial charge on any atom is -0.493 e. The van der Waals surface area contributed by atoms with Gasteiger partial charge in [-0.3, -0.25) is 18.9 Å². The van der Waals surface area contributed by atoms with Crippen molar-refractivity contribution in [3.8, 4) is 23.0 Å². The highest BCUT2D eigenvalue weighted by Gasteiger charge is 2.38. The lowest BCUT2D eigenvalue weighted by Gasteiger charge is -2.25. The first kappa shape index (κ1) is 40.9. The van der Waals surface area contributed by atoms with Gasteiger partial charge in [0.25, 0.3) is 11.8 Å². The number of fused-ring (bicyclic) bond motifs is 5. The summed E-state index contributed by atoms with van der Waals surface area (Å²) in [6.07, 6.45) is 1.86. The Kier molecular flexibility index (Phi) is 11.9. The Morgan fingerprint density at radius 2 is 1.45 bits per heavy atom. The zero-order chi connectivity index (χ0) is 41.2. The summed E-state index contributed by atoms with van der Waals surface area (Å²) in [4.78, 5) is 31.3. The summed E-state index contributed by atoms with van der Waals surface area (Å²) in [5, 5.41) is 3.42. The van der Waals surface area contributed by atoms with Crippen molar-refractivity contribution in [2.24, 2.45) is 0 Å². The van der Waals surface area contributed by atoms with Crippen LogP contribution in [-0.2, 0) is 32.4 Å². The van der Waals surface area contributed by atoms with Gasteiger partial charge >= 0.3 is 10.3 Å². The van der Waals surface area contributed by atoms with Gasteiger partial charge in [0, 0.05) is 61.7 Å². The number of hydrogen-bond acceptors (Lipinski definition) is 11. The maximum absolute atomic E-state index is 14.3. The van der Waals surface area contributed by atoms with Crippen LogP contribution in [0.5, 0.6) is 23.0 Å². The molecule has 0 saturated carbocycles. The topological polar surface area (TPSA) is 182 Å². The van der Waals surface area contributed by atoms with Crippen molar-refractivity contribution in [2.45, 2.75) is 31.8 Å². The molecule has 3 aliphatic heterocycles. The molecule has 3 atom stereocenters. The van der Waals surface area contributed by atoms with E-state index in [1.807, 2.05) is 65.1 Å². The number of hydrogen-bond donors (Lipinski definition) is 3. The van der Waals surface area contributed by atoms with Gasteiger partial charge in [-0.05, 0) is 55.2 Å². The molecule has 7 rings (SSSR count). The van der Waals surface area contributed by atoms with Crippen LogP contribution in [0.25, 0.3) is 0 Å². The van der Waals surface area contributed by atoms with Gasteiger partial charge in [-0.25, -0.2) is 0 Å². The lowest BCUT2D eigenvalue weighted by atomic mass is 10.1. The number of nitrogens with one attached hydrogen (secondary N) is 2. The van der Waals surface area contributed by atoms with Crippen LogP contribution in [0.15, 0.2) is 72.8 Å². The average molecular weight is 835 g/mol. The molecule has 17 heteroatoms. The molecule has 0 bridgehead atoms. The van der Waals surface area contributed by atoms with Crippen LogP contribution in [0, 0.1) is 0 Å². The molecule has 0 aliphatic carbocycles. The summed E-state index contributed by atoms with van der Waals surface area (Å²) in [5.74, 6) is 0.318. The first-order valence-electron chi connectivity index (χ1n) is 18.9. The van der Waals surface area contributed by atoms with Crippen molar-refractivity contribution in [3.05, 3.63) is 95.1 Å². The predicted molar refractivity (Wildman–Crippen MR) is 222 cm³/mol. The second kappa shape index (κ2) is 16.9. The van der Waals surface area contributed by atoms with Crippen molar-refractivity contribution >= 4 is 52.0 Å². The maximum atomic E-state index is 14.3. The Bertz CT molecular complexity index is 2380. The molecular weight excluding hydrogens is 788 g/mol. The smallest absolute Gasteiger partial charge is 0.357 e. The minimum atomic E-state index is -4.80. The van der Waals surface area contributed by atoms with Gasteiger partial charge in [0.2, 0.25) is 0 Å². The first-order chi connectivity index (χ1) is 27.8. The SMILES string of the molecule is COCCP(=O)(CCOc1cc(NS(=O)(=O)O)c(C(=O)N2c3ccccc3CC2C)cc1OC)CCOc1cc2c(cc1OC)C(=O)N1c3ccccc3CC1CN2. The van der Waals surface area contributed by atoms with Crippen LogP contribution < -0.4 is 38.8 Å². The second-order valence-electron chi connectivity index (χ2n) is 14.5. The quantitative estimate of drug-likeness (QED) is 0.0890. The number of nitrogens with zero attached hydrogens (tertiary/aromatic N) is 2. The van der Waals surface area contributed by atoms with Crippen LogP contribution in [0.4, 0.5) is 22.7 Å². The molecule has 0 fully saturated rings. The van der Waals surface area contributed by atoms with Gasteiger partial charge in [0.15, 0.2) is 23.0 Å². The Morgan fingerprint density at radius 3 is 2.10 bits per heavy atom. The Labute approximate surface area is 337 Å². The van der Waals surface area contributed by atoms with E-state index in [-0.39, 0.29) is 79.0 Å². The lowest BCUT2D eigenvalue weighted by Crippen LogP contribution is -2.39. The third-order valence-electron chi connectivity index (χ3n) is 10.8. The molecule has 308 valence electrons. The van der Waals surface area contributed by atoms with E-state index < -0.39 is 23.4 Å². The zero-order valence-electron chi connectivity index (χ0n) is 32.7. The molecule has 3 N–H and O–H groups in total. The maximum Gasteiger partial charge on any atom is 0.357 e. The first-order valence-corrected chi connectivity index (χ1v) is 22.6. The number of carbonyl (C=O) groups is 2. The van der Waals surface area contributed by atoms with Crippen LogP contribution in [-0.4, -0.2) is 103 Å². The highest BCUT2D eigenvalue weighted by atomic mass is 32.2. The molecule has 0 saturated heterocycles. The average Bonchev–Trinajstić information content (AvgIpc) is 3.70. The van der Waals surface area contributed by atoms with E-state index in [9.17, 15) is 27.1 Å². The van der Waals surface area contributed by atoms with Crippen molar-refractivity contribution in [3.63, 3.8) is 0 Å². The molecule has 4 aromatic rings. The third kappa shape index (κ3) is 8.46. The van der Waals surface area contributed by atoms with E-state index in [1.54, 1.807) is 17.0 Å². The van der Waals surface area contributed by atoms with Crippen molar-refractivity contribution in [1.82, 2.24) is 0 Å². The van der Waals surface area contributed by atoms with E-state index >= 15 is 0 Å². The second-order valence-corrected chi connectivity index (χ2v) is 19.1. The summed E-state index contributed by atoms with van der Waals surface area (Å²) in [6.45, 7) is 2.66. The number of rotatable bonds is 16. The highest BCUT2D eigenvalue weighted by Crippen LogP contribution is 2.46. The minimum absolute atomic E-state index is 0.0376.